The van der Waals surface area contributed by atoms with Gasteiger partial charge in [0.15, 0.2) is 15.7 Å². The maximum Gasteiger partial charge on any atom is 0.257 e. The van der Waals surface area contributed by atoms with Gasteiger partial charge in [0.2, 0.25) is 0 Å². The monoisotopic (exact) mass is 267 g/mol. The van der Waals surface area contributed by atoms with Gasteiger partial charge in [-0.15, -0.1) is 0 Å². The van der Waals surface area contributed by atoms with Gasteiger partial charge in [0.05, 0.1) is 5.75 Å². The van der Waals surface area contributed by atoms with E-state index in [9.17, 15) is 13.2 Å². The van der Waals surface area contributed by atoms with Crippen LogP contribution in [0.1, 0.15) is 30.3 Å². The van der Waals surface area contributed by atoms with E-state index in [0.717, 1.165) is 6.42 Å². The van der Waals surface area contributed by atoms with E-state index in [1.54, 1.807) is 12.1 Å². The molecule has 1 fully saturated rings. The summed E-state index contributed by atoms with van der Waals surface area (Å²) in [5, 5.41) is 6.08. The van der Waals surface area contributed by atoms with Crippen LogP contribution < -0.4 is 5.56 Å². The summed E-state index contributed by atoms with van der Waals surface area (Å²) in [6, 6.07) is 4.73. The molecule has 0 amide bonds. The molecular weight excluding hydrogens is 254 g/mol. The highest BCUT2D eigenvalue weighted by atomic mass is 32.2. The highest BCUT2D eigenvalue weighted by Crippen LogP contribution is 2.31. The Morgan fingerprint density at radius 2 is 2.17 bits per heavy atom. The van der Waals surface area contributed by atoms with Crippen molar-refractivity contribution in [2.75, 3.05) is 5.75 Å². The van der Waals surface area contributed by atoms with Crippen molar-refractivity contribution in [2.45, 2.75) is 24.5 Å². The van der Waals surface area contributed by atoms with Gasteiger partial charge in [-0.3, -0.25) is 9.89 Å². The second kappa shape index (κ2) is 3.94. The standard InChI is InChI=1S/C11H13N3O3S/c15-10-6-3-5-9-12-13-11(14(9)10)8-4-1-2-7-18(8,16)17/h3,5-6,8,12H,1-2,4,7H2. The molecule has 1 saturated heterocycles. The lowest BCUT2D eigenvalue weighted by Crippen LogP contribution is -2.26. The van der Waals surface area contributed by atoms with Crippen LogP contribution in [0.4, 0.5) is 0 Å². The average Bonchev–Trinajstić information content (AvgIpc) is 2.73. The van der Waals surface area contributed by atoms with Crippen LogP contribution in [0.5, 0.6) is 0 Å². The predicted octanol–water partition coefficient (Wildman–Crippen LogP) is 0.662. The van der Waals surface area contributed by atoms with Crippen molar-refractivity contribution in [1.29, 1.82) is 0 Å². The molecule has 1 aliphatic heterocycles. The number of aromatic nitrogens is 3. The maximum absolute atomic E-state index is 12.1. The highest BCUT2D eigenvalue weighted by Gasteiger charge is 2.33. The Labute approximate surface area is 104 Å². The van der Waals surface area contributed by atoms with Crippen LogP contribution in [0.25, 0.3) is 5.65 Å². The predicted molar refractivity (Wildman–Crippen MR) is 66.2 cm³/mol. The van der Waals surface area contributed by atoms with Crippen molar-refractivity contribution < 1.29 is 8.42 Å². The first-order chi connectivity index (χ1) is 8.59. The molecule has 1 N–H and O–H groups in total. The largest absolute Gasteiger partial charge is 0.269 e. The molecule has 3 rings (SSSR count). The molecule has 0 aliphatic carbocycles. The molecule has 1 atom stereocenters. The fourth-order valence-electron chi connectivity index (χ4n) is 2.44. The van der Waals surface area contributed by atoms with Gasteiger partial charge >= 0.3 is 0 Å². The number of fused-ring (bicyclic) bond motifs is 1. The Morgan fingerprint density at radius 3 is 2.94 bits per heavy atom. The molecule has 2 aromatic rings. The number of aromatic amines is 1. The quantitative estimate of drug-likeness (QED) is 0.822. The van der Waals surface area contributed by atoms with Crippen LogP contribution in [0.15, 0.2) is 23.0 Å². The molecule has 0 radical (unpaired) electrons. The van der Waals surface area contributed by atoms with Crippen LogP contribution >= 0.6 is 0 Å². The number of nitrogens with zero attached hydrogens (tertiary/aromatic N) is 2. The van der Waals surface area contributed by atoms with Crippen molar-refractivity contribution in [3.05, 3.63) is 34.4 Å². The van der Waals surface area contributed by atoms with Crippen molar-refractivity contribution in [3.63, 3.8) is 0 Å². The lowest BCUT2D eigenvalue weighted by Gasteiger charge is -2.20. The molecule has 0 spiro atoms. The van der Waals surface area contributed by atoms with E-state index in [1.807, 2.05) is 0 Å². The van der Waals surface area contributed by atoms with Crippen molar-refractivity contribution in [1.82, 2.24) is 14.6 Å². The van der Waals surface area contributed by atoms with Gasteiger partial charge in [-0.2, -0.15) is 5.10 Å². The van der Waals surface area contributed by atoms with Gasteiger partial charge in [-0.1, -0.05) is 12.5 Å². The van der Waals surface area contributed by atoms with E-state index >= 15 is 0 Å². The third-order valence-electron chi connectivity index (χ3n) is 3.33. The second-order valence-corrected chi connectivity index (χ2v) is 6.82. The van der Waals surface area contributed by atoms with Gasteiger partial charge in [0, 0.05) is 6.07 Å². The van der Waals surface area contributed by atoms with Crippen LogP contribution in [-0.2, 0) is 9.84 Å². The molecule has 0 saturated carbocycles. The zero-order valence-electron chi connectivity index (χ0n) is 9.67. The van der Waals surface area contributed by atoms with Gasteiger partial charge in [-0.25, -0.2) is 12.8 Å². The number of pyridine rings is 1. The Kier molecular flexibility index (Phi) is 2.51. The Balaban J connectivity index is 2.23. The molecular formula is C11H13N3O3S. The molecule has 6 nitrogen and oxygen atoms in total. The van der Waals surface area contributed by atoms with E-state index in [2.05, 4.69) is 10.2 Å². The van der Waals surface area contributed by atoms with Gasteiger partial charge in [-0.05, 0) is 18.9 Å². The van der Waals surface area contributed by atoms with E-state index < -0.39 is 15.1 Å². The Hall–Kier alpha value is -1.63. The summed E-state index contributed by atoms with van der Waals surface area (Å²) in [7, 11) is -3.20. The molecule has 3 heterocycles. The lowest BCUT2D eigenvalue weighted by molar-refractivity contribution is 0.536. The number of sulfone groups is 1. The SMILES string of the molecule is O=c1cccc2[nH]nc(C3CCCCS3(=O)=O)n12. The minimum Gasteiger partial charge on any atom is -0.269 e. The fraction of sp³-hybridized carbons (Fsp3) is 0.455. The van der Waals surface area contributed by atoms with Crippen LogP contribution in [0.3, 0.4) is 0 Å². The minimum atomic E-state index is -3.20. The summed E-state index contributed by atoms with van der Waals surface area (Å²) in [6.07, 6.45) is 2.07. The van der Waals surface area contributed by atoms with Gasteiger partial charge in [0.1, 0.15) is 10.9 Å². The molecule has 7 heteroatoms. The Morgan fingerprint density at radius 1 is 1.33 bits per heavy atom. The van der Waals surface area contributed by atoms with Crippen molar-refractivity contribution >= 4 is 15.5 Å². The van der Waals surface area contributed by atoms with E-state index in [4.69, 9.17) is 0 Å². The first-order valence-corrected chi connectivity index (χ1v) is 7.59. The molecule has 1 unspecified atom stereocenters. The highest BCUT2D eigenvalue weighted by molar-refractivity contribution is 7.91. The third-order valence-corrected chi connectivity index (χ3v) is 5.51. The zero-order chi connectivity index (χ0) is 12.8. The van der Waals surface area contributed by atoms with Crippen LogP contribution in [0.2, 0.25) is 0 Å². The zero-order valence-corrected chi connectivity index (χ0v) is 10.5. The fourth-order valence-corrected chi connectivity index (χ4v) is 4.33. The normalized spacial score (nSPS) is 23.2. The first kappa shape index (κ1) is 11.5. The summed E-state index contributed by atoms with van der Waals surface area (Å²) in [4.78, 5) is 11.8. The third kappa shape index (κ3) is 1.66. The number of hydrogen-bond acceptors (Lipinski definition) is 4. The van der Waals surface area contributed by atoms with Crippen LogP contribution in [0, 0.1) is 0 Å². The number of rotatable bonds is 1. The molecule has 18 heavy (non-hydrogen) atoms. The smallest absolute Gasteiger partial charge is 0.257 e. The first-order valence-electron chi connectivity index (χ1n) is 5.87. The molecule has 0 aromatic carbocycles. The summed E-state index contributed by atoms with van der Waals surface area (Å²) >= 11 is 0. The number of H-pyrrole nitrogens is 1. The number of hydrogen-bond donors (Lipinski definition) is 1. The molecule has 0 bridgehead atoms. The van der Waals surface area contributed by atoms with Crippen molar-refractivity contribution in [3.8, 4) is 0 Å². The summed E-state index contributed by atoms with van der Waals surface area (Å²) in [5.74, 6) is 0.489. The van der Waals surface area contributed by atoms with E-state index in [0.29, 0.717) is 24.3 Å². The summed E-state index contributed by atoms with van der Waals surface area (Å²) in [6.45, 7) is 0. The number of nitrogens with one attached hydrogen (secondary N) is 1. The topological polar surface area (TPSA) is 84.3 Å². The molecule has 2 aromatic heterocycles. The second-order valence-electron chi connectivity index (χ2n) is 4.52. The molecule has 96 valence electrons. The van der Waals surface area contributed by atoms with Gasteiger partial charge in [0.25, 0.3) is 5.56 Å². The minimum absolute atomic E-state index is 0.174. The summed E-state index contributed by atoms with van der Waals surface area (Å²) in [5.41, 5.74) is 0.273. The van der Waals surface area contributed by atoms with Crippen LogP contribution in [-0.4, -0.2) is 28.8 Å². The average molecular weight is 267 g/mol. The Bertz CT molecular complexity index is 744. The maximum atomic E-state index is 12.1. The van der Waals surface area contributed by atoms with Gasteiger partial charge < -0.3 is 0 Å². The van der Waals surface area contributed by atoms with Crippen molar-refractivity contribution in [2.24, 2.45) is 0 Å². The summed E-state index contributed by atoms with van der Waals surface area (Å²) < 4.78 is 25.5. The van der Waals surface area contributed by atoms with E-state index in [1.165, 1.54) is 10.5 Å². The van der Waals surface area contributed by atoms with E-state index in [-0.39, 0.29) is 11.3 Å². The molecule has 1 aliphatic rings. The lowest BCUT2D eigenvalue weighted by atomic mass is 10.2.